The van der Waals surface area contributed by atoms with Gasteiger partial charge in [-0.25, -0.2) is 0 Å². The lowest BCUT2D eigenvalue weighted by Crippen LogP contribution is -2.44. The molecule has 0 radical (unpaired) electrons. The average Bonchev–Trinajstić information content (AvgIpc) is 3.09. The summed E-state index contributed by atoms with van der Waals surface area (Å²) < 4.78 is 0. The molecule has 31 heavy (non-hydrogen) atoms. The number of halogens is 1. The first kappa shape index (κ1) is 19.5. The van der Waals surface area contributed by atoms with Crippen LogP contribution in [0.15, 0.2) is 97.1 Å². The fourth-order valence-electron chi connectivity index (χ4n) is 4.11. The molecule has 0 aromatic heterocycles. The molecule has 1 N–H and O–H groups in total. The standard InChI is InChI=1S/C26H22ClN3O/c27-26-29(18-19-9-2-1-3-10-19)23-15-6-7-16-24(23)30(26)25(31)17-28-22-14-8-12-20-11-4-5-13-21(20)22/h1-16,26,28H,17-18H2. The molecule has 0 saturated carbocycles. The Morgan fingerprint density at radius 1 is 0.806 bits per heavy atom. The van der Waals surface area contributed by atoms with Gasteiger partial charge in [-0.15, -0.1) is 0 Å². The molecule has 4 nitrogen and oxygen atoms in total. The Morgan fingerprint density at radius 2 is 1.48 bits per heavy atom. The van der Waals surface area contributed by atoms with Crippen molar-refractivity contribution >= 4 is 45.3 Å². The van der Waals surface area contributed by atoms with Crippen LogP contribution in [0.4, 0.5) is 17.1 Å². The number of nitrogens with zero attached hydrogens (tertiary/aromatic N) is 2. The lowest BCUT2D eigenvalue weighted by atomic mass is 10.1. The number of para-hydroxylation sites is 2. The average molecular weight is 428 g/mol. The van der Waals surface area contributed by atoms with Crippen LogP contribution in [0.5, 0.6) is 0 Å². The lowest BCUT2D eigenvalue weighted by molar-refractivity contribution is -0.117. The maximum absolute atomic E-state index is 13.3. The molecule has 1 aliphatic rings. The lowest BCUT2D eigenvalue weighted by Gasteiger charge is -2.27. The molecule has 1 heterocycles. The van der Waals surface area contributed by atoms with Crippen molar-refractivity contribution < 1.29 is 4.79 Å². The number of nitrogens with one attached hydrogen (secondary N) is 1. The van der Waals surface area contributed by atoms with Crippen molar-refractivity contribution in [1.82, 2.24) is 0 Å². The Labute approximate surface area is 186 Å². The van der Waals surface area contributed by atoms with Crippen molar-refractivity contribution in [2.75, 3.05) is 21.7 Å². The second-order valence-electron chi connectivity index (χ2n) is 7.56. The van der Waals surface area contributed by atoms with E-state index in [0.29, 0.717) is 6.54 Å². The number of alkyl halides is 1. The molecule has 1 atom stereocenters. The van der Waals surface area contributed by atoms with E-state index in [4.69, 9.17) is 11.6 Å². The van der Waals surface area contributed by atoms with Gasteiger partial charge in [0, 0.05) is 17.6 Å². The van der Waals surface area contributed by atoms with Crippen molar-refractivity contribution in [3.63, 3.8) is 0 Å². The molecule has 0 aliphatic carbocycles. The highest BCUT2D eigenvalue weighted by Gasteiger charge is 2.37. The van der Waals surface area contributed by atoms with Crippen molar-refractivity contribution in [3.05, 3.63) is 103 Å². The second-order valence-corrected chi connectivity index (χ2v) is 7.95. The molecule has 0 spiro atoms. The van der Waals surface area contributed by atoms with Crippen LogP contribution in [0.1, 0.15) is 5.56 Å². The molecule has 1 aliphatic heterocycles. The molecule has 0 fully saturated rings. The first-order valence-corrected chi connectivity index (χ1v) is 10.7. The minimum atomic E-state index is -0.584. The Morgan fingerprint density at radius 3 is 2.32 bits per heavy atom. The number of hydrogen-bond acceptors (Lipinski definition) is 3. The van der Waals surface area contributed by atoms with E-state index >= 15 is 0 Å². The molecule has 1 unspecified atom stereocenters. The molecule has 4 aromatic rings. The quantitative estimate of drug-likeness (QED) is 0.321. The van der Waals surface area contributed by atoms with E-state index in [9.17, 15) is 4.79 Å². The van der Waals surface area contributed by atoms with Crippen LogP contribution in [0.25, 0.3) is 10.8 Å². The molecular formula is C26H22ClN3O. The minimum absolute atomic E-state index is 0.0732. The first-order valence-electron chi connectivity index (χ1n) is 10.3. The predicted octanol–water partition coefficient (Wildman–Crippen LogP) is 5.83. The van der Waals surface area contributed by atoms with Crippen LogP contribution in [-0.4, -0.2) is 18.1 Å². The van der Waals surface area contributed by atoms with Gasteiger partial charge in [-0.1, -0.05) is 90.5 Å². The summed E-state index contributed by atoms with van der Waals surface area (Å²) in [6.45, 7) is 0.789. The molecule has 154 valence electrons. The Kier molecular flexibility index (Phi) is 5.23. The largest absolute Gasteiger partial charge is 0.376 e. The van der Waals surface area contributed by atoms with Gasteiger partial charge in [-0.2, -0.15) is 0 Å². The highest BCUT2D eigenvalue weighted by atomic mass is 35.5. The molecular weight excluding hydrogens is 406 g/mol. The molecule has 5 heteroatoms. The smallest absolute Gasteiger partial charge is 0.249 e. The van der Waals surface area contributed by atoms with Gasteiger partial charge < -0.3 is 10.2 Å². The topological polar surface area (TPSA) is 35.6 Å². The Bertz CT molecular complexity index is 1220. The first-order chi connectivity index (χ1) is 15.2. The van der Waals surface area contributed by atoms with Gasteiger partial charge in [0.15, 0.2) is 5.62 Å². The van der Waals surface area contributed by atoms with Gasteiger partial charge in [0.25, 0.3) is 0 Å². The third-order valence-corrected chi connectivity index (χ3v) is 6.04. The van der Waals surface area contributed by atoms with Gasteiger partial charge >= 0.3 is 0 Å². The maximum atomic E-state index is 13.3. The van der Waals surface area contributed by atoms with E-state index in [2.05, 4.69) is 40.5 Å². The second kappa shape index (κ2) is 8.32. The normalized spacial score (nSPS) is 15.2. The zero-order valence-electron chi connectivity index (χ0n) is 16.9. The molecule has 1 amide bonds. The van der Waals surface area contributed by atoms with Crippen molar-refractivity contribution in [3.8, 4) is 0 Å². The number of fused-ring (bicyclic) bond motifs is 2. The van der Waals surface area contributed by atoms with Crippen molar-refractivity contribution in [1.29, 1.82) is 0 Å². The number of hydrogen-bond donors (Lipinski definition) is 1. The minimum Gasteiger partial charge on any atom is -0.376 e. The predicted molar refractivity (Wildman–Crippen MR) is 129 cm³/mol. The SMILES string of the molecule is O=C(CNc1cccc2ccccc12)N1c2ccccc2N(Cc2ccccc2)C1Cl. The van der Waals surface area contributed by atoms with Crippen LogP contribution in [0.2, 0.25) is 0 Å². The molecule has 0 saturated heterocycles. The fraction of sp³-hybridized carbons (Fsp3) is 0.115. The summed E-state index contributed by atoms with van der Waals surface area (Å²) in [6, 6.07) is 32.2. The summed E-state index contributed by atoms with van der Waals surface area (Å²) in [5.74, 6) is -0.0732. The van der Waals surface area contributed by atoms with Gasteiger partial charge in [-0.05, 0) is 29.1 Å². The van der Waals surface area contributed by atoms with E-state index in [1.54, 1.807) is 4.90 Å². The zero-order valence-corrected chi connectivity index (χ0v) is 17.7. The number of carbonyl (C=O) groups is 1. The number of rotatable bonds is 5. The third kappa shape index (κ3) is 3.71. The summed E-state index contributed by atoms with van der Waals surface area (Å²) in [5, 5.41) is 5.54. The van der Waals surface area contributed by atoms with E-state index in [0.717, 1.165) is 33.4 Å². The molecule has 0 bridgehead atoms. The zero-order chi connectivity index (χ0) is 21.2. The van der Waals surface area contributed by atoms with Gasteiger partial charge in [-0.3, -0.25) is 9.69 Å². The number of amides is 1. The van der Waals surface area contributed by atoms with Crippen LogP contribution in [0.3, 0.4) is 0 Å². The van der Waals surface area contributed by atoms with Crippen molar-refractivity contribution in [2.24, 2.45) is 0 Å². The summed E-state index contributed by atoms with van der Waals surface area (Å²) in [7, 11) is 0. The monoisotopic (exact) mass is 427 g/mol. The van der Waals surface area contributed by atoms with Crippen molar-refractivity contribution in [2.45, 2.75) is 12.2 Å². The fourth-order valence-corrected chi connectivity index (χ4v) is 4.50. The highest BCUT2D eigenvalue weighted by molar-refractivity contribution is 6.27. The summed E-state index contributed by atoms with van der Waals surface area (Å²) in [4.78, 5) is 17.0. The summed E-state index contributed by atoms with van der Waals surface area (Å²) in [6.07, 6.45) is 0. The van der Waals surface area contributed by atoms with Gasteiger partial charge in [0.1, 0.15) is 0 Å². The summed E-state index contributed by atoms with van der Waals surface area (Å²) in [5.41, 5.74) is 3.30. The van der Waals surface area contributed by atoms with E-state index in [1.165, 1.54) is 0 Å². The van der Waals surface area contributed by atoms with E-state index in [1.807, 2.05) is 66.7 Å². The van der Waals surface area contributed by atoms with Gasteiger partial charge in [0.2, 0.25) is 5.91 Å². The van der Waals surface area contributed by atoms with Gasteiger partial charge in [0.05, 0.1) is 17.9 Å². The summed E-state index contributed by atoms with van der Waals surface area (Å²) >= 11 is 6.83. The van der Waals surface area contributed by atoms with Crippen LogP contribution < -0.4 is 15.1 Å². The third-order valence-electron chi connectivity index (χ3n) is 5.61. The molecule has 4 aromatic carbocycles. The maximum Gasteiger partial charge on any atom is 0.249 e. The molecule has 5 rings (SSSR count). The number of carbonyl (C=O) groups excluding carboxylic acids is 1. The number of benzene rings is 4. The number of anilines is 3. The van der Waals surface area contributed by atoms with E-state index in [-0.39, 0.29) is 12.5 Å². The van der Waals surface area contributed by atoms with Crippen LogP contribution in [0, 0.1) is 0 Å². The van der Waals surface area contributed by atoms with Crippen LogP contribution >= 0.6 is 11.6 Å². The van der Waals surface area contributed by atoms with E-state index < -0.39 is 5.62 Å². The Balaban J connectivity index is 1.38. The Hall–Kier alpha value is -3.50. The van der Waals surface area contributed by atoms with Crippen LogP contribution in [-0.2, 0) is 11.3 Å². The highest BCUT2D eigenvalue weighted by Crippen LogP contribution is 2.41.